The van der Waals surface area contributed by atoms with E-state index in [1.54, 1.807) is 0 Å². The van der Waals surface area contributed by atoms with Gasteiger partial charge in [0, 0.05) is 36.5 Å². The van der Waals surface area contributed by atoms with Crippen molar-refractivity contribution in [3.05, 3.63) is 51.5 Å². The number of carbonyl (C=O) groups excluding carboxylic acids is 2. The normalized spacial score (nSPS) is 13.5. The smallest absolute Gasteiger partial charge is 0.254 e. The van der Waals surface area contributed by atoms with Gasteiger partial charge < -0.3 is 14.8 Å². The average Bonchev–Trinajstić information content (AvgIpc) is 2.95. The van der Waals surface area contributed by atoms with E-state index in [2.05, 4.69) is 26.2 Å². The van der Waals surface area contributed by atoms with Crippen LogP contribution in [0.2, 0.25) is 0 Å². The highest BCUT2D eigenvalue weighted by molar-refractivity contribution is 9.10. The van der Waals surface area contributed by atoms with Gasteiger partial charge in [-0.1, -0.05) is 22.9 Å². The molecule has 7 heteroatoms. The predicted octanol–water partition coefficient (Wildman–Crippen LogP) is 2.41. The highest BCUT2D eigenvalue weighted by atomic mass is 79.9. The fourth-order valence-corrected chi connectivity index (χ4v) is 3.22. The third-order valence-electron chi connectivity index (χ3n) is 4.49. The number of hydrogen-bond acceptors (Lipinski definition) is 3. The zero-order valence-electron chi connectivity index (χ0n) is 14.4. The molecule has 0 bridgehead atoms. The summed E-state index contributed by atoms with van der Waals surface area (Å²) in [6, 6.07) is 7.41. The molecule has 25 heavy (non-hydrogen) atoms. The van der Waals surface area contributed by atoms with Gasteiger partial charge in [0.05, 0.1) is 24.5 Å². The number of benzene rings is 1. The van der Waals surface area contributed by atoms with Gasteiger partial charge >= 0.3 is 0 Å². The topological polar surface area (TPSA) is 67.2 Å². The molecule has 0 aliphatic carbocycles. The summed E-state index contributed by atoms with van der Waals surface area (Å²) in [5, 5.41) is 2.86. The number of nitrogens with one attached hydrogen (secondary N) is 1. The molecular weight excluding hydrogens is 384 g/mol. The molecule has 1 aromatic heterocycles. The minimum absolute atomic E-state index is 0.00742. The zero-order valence-corrected chi connectivity index (χ0v) is 16.0. The van der Waals surface area contributed by atoms with Crippen molar-refractivity contribution in [3.8, 4) is 0 Å². The van der Waals surface area contributed by atoms with E-state index in [-0.39, 0.29) is 11.8 Å². The lowest BCUT2D eigenvalue weighted by molar-refractivity contribution is -0.120. The molecule has 1 aliphatic heterocycles. The minimum atomic E-state index is 0.00742. The van der Waals surface area contributed by atoms with Gasteiger partial charge in [-0.25, -0.2) is 4.98 Å². The first kappa shape index (κ1) is 17.7. The van der Waals surface area contributed by atoms with Crippen molar-refractivity contribution in [1.82, 2.24) is 19.8 Å². The Kier molecular flexibility index (Phi) is 5.22. The average molecular weight is 405 g/mol. The van der Waals surface area contributed by atoms with Gasteiger partial charge in [0.25, 0.3) is 5.91 Å². The second-order valence-electron chi connectivity index (χ2n) is 6.09. The Bertz CT molecular complexity index is 798. The van der Waals surface area contributed by atoms with Crippen LogP contribution in [0.25, 0.3) is 0 Å². The number of aromatic nitrogens is 2. The van der Waals surface area contributed by atoms with Crippen LogP contribution >= 0.6 is 15.9 Å². The van der Waals surface area contributed by atoms with E-state index in [4.69, 9.17) is 0 Å². The number of imidazole rings is 1. The Labute approximate surface area is 155 Å². The van der Waals surface area contributed by atoms with Gasteiger partial charge in [0.15, 0.2) is 0 Å². The number of fused-ring (bicyclic) bond motifs is 1. The van der Waals surface area contributed by atoms with Crippen molar-refractivity contribution in [2.24, 2.45) is 7.05 Å². The molecule has 3 rings (SSSR count). The van der Waals surface area contributed by atoms with Crippen LogP contribution in [-0.4, -0.2) is 32.8 Å². The number of nitrogens with zero attached hydrogens (tertiary/aromatic N) is 3. The third kappa shape index (κ3) is 3.76. The Morgan fingerprint density at radius 1 is 1.28 bits per heavy atom. The van der Waals surface area contributed by atoms with Crippen LogP contribution in [0.15, 0.2) is 28.7 Å². The van der Waals surface area contributed by atoms with Gasteiger partial charge in [0.2, 0.25) is 5.91 Å². The molecule has 132 valence electrons. The Morgan fingerprint density at radius 3 is 2.68 bits per heavy atom. The van der Waals surface area contributed by atoms with Gasteiger partial charge in [-0.2, -0.15) is 0 Å². The molecule has 2 heterocycles. The number of hydrogen-bond donors (Lipinski definition) is 1. The maximum Gasteiger partial charge on any atom is 0.254 e. The van der Waals surface area contributed by atoms with Gasteiger partial charge in [-0.15, -0.1) is 0 Å². The van der Waals surface area contributed by atoms with Crippen LogP contribution in [0.1, 0.15) is 40.9 Å². The Balaban J connectivity index is 1.74. The van der Waals surface area contributed by atoms with E-state index in [0.29, 0.717) is 31.6 Å². The van der Waals surface area contributed by atoms with E-state index in [1.165, 1.54) is 0 Å². The molecule has 0 saturated heterocycles. The molecule has 0 radical (unpaired) electrons. The maximum absolute atomic E-state index is 12.7. The summed E-state index contributed by atoms with van der Waals surface area (Å²) in [6.45, 7) is 3.43. The first-order valence-corrected chi connectivity index (χ1v) is 9.13. The lowest BCUT2D eigenvalue weighted by Gasteiger charge is -2.27. The second-order valence-corrected chi connectivity index (χ2v) is 7.01. The van der Waals surface area contributed by atoms with Crippen molar-refractivity contribution < 1.29 is 9.59 Å². The largest absolute Gasteiger partial charge is 0.349 e. The molecule has 0 unspecified atom stereocenters. The van der Waals surface area contributed by atoms with Crippen molar-refractivity contribution >= 4 is 27.7 Å². The van der Waals surface area contributed by atoms with Crippen molar-refractivity contribution in [1.29, 1.82) is 0 Å². The highest BCUT2D eigenvalue weighted by Crippen LogP contribution is 2.22. The summed E-state index contributed by atoms with van der Waals surface area (Å²) in [5.74, 6) is 0.859. The molecule has 1 aromatic carbocycles. The SMILES string of the molecule is CCC(=O)NCc1nc2c(n1C)CN(C(=O)c1ccc(Br)cc1)CC2. The molecule has 0 atom stereocenters. The van der Waals surface area contributed by atoms with Gasteiger partial charge in [0.1, 0.15) is 5.82 Å². The monoisotopic (exact) mass is 404 g/mol. The van der Waals surface area contributed by atoms with Crippen LogP contribution in [0.3, 0.4) is 0 Å². The van der Waals surface area contributed by atoms with E-state index >= 15 is 0 Å². The van der Waals surface area contributed by atoms with E-state index < -0.39 is 0 Å². The number of rotatable bonds is 4. The first-order chi connectivity index (χ1) is 12.0. The first-order valence-electron chi connectivity index (χ1n) is 8.34. The molecule has 2 amide bonds. The van der Waals surface area contributed by atoms with Crippen molar-refractivity contribution in [2.45, 2.75) is 32.9 Å². The summed E-state index contributed by atoms with van der Waals surface area (Å²) in [7, 11) is 1.94. The van der Waals surface area contributed by atoms with Crippen LogP contribution in [0.5, 0.6) is 0 Å². The summed E-state index contributed by atoms with van der Waals surface area (Å²) >= 11 is 3.39. The fraction of sp³-hybridized carbons (Fsp3) is 0.389. The zero-order chi connectivity index (χ0) is 18.0. The van der Waals surface area contributed by atoms with E-state index in [0.717, 1.165) is 28.1 Å². The van der Waals surface area contributed by atoms with Gasteiger partial charge in [-0.05, 0) is 24.3 Å². The Hall–Kier alpha value is -2.15. The number of amides is 2. The van der Waals surface area contributed by atoms with Crippen LogP contribution in [0.4, 0.5) is 0 Å². The molecule has 1 aliphatic rings. The van der Waals surface area contributed by atoms with E-state index in [1.807, 2.05) is 47.7 Å². The van der Waals surface area contributed by atoms with Crippen molar-refractivity contribution in [2.75, 3.05) is 6.54 Å². The minimum Gasteiger partial charge on any atom is -0.349 e. The molecular formula is C18H21BrN4O2. The molecule has 0 fully saturated rings. The molecule has 6 nitrogen and oxygen atoms in total. The molecule has 2 aromatic rings. The Morgan fingerprint density at radius 2 is 2.00 bits per heavy atom. The molecule has 0 saturated carbocycles. The summed E-state index contributed by atoms with van der Waals surface area (Å²) < 4.78 is 2.95. The maximum atomic E-state index is 12.7. The third-order valence-corrected chi connectivity index (χ3v) is 5.02. The van der Waals surface area contributed by atoms with Crippen LogP contribution in [-0.2, 0) is 31.4 Å². The van der Waals surface area contributed by atoms with Crippen LogP contribution < -0.4 is 5.32 Å². The fourth-order valence-electron chi connectivity index (χ4n) is 2.95. The number of halogens is 1. The lowest BCUT2D eigenvalue weighted by atomic mass is 10.1. The molecule has 0 spiro atoms. The number of carbonyl (C=O) groups is 2. The second kappa shape index (κ2) is 7.39. The standard InChI is InChI=1S/C18H21BrN4O2/c1-3-17(24)20-10-16-21-14-8-9-23(11-15(14)22(16)2)18(25)12-4-6-13(19)7-5-12/h4-7H,3,8-11H2,1-2H3,(H,20,24). The van der Waals surface area contributed by atoms with E-state index in [9.17, 15) is 9.59 Å². The quantitative estimate of drug-likeness (QED) is 0.850. The summed E-state index contributed by atoms with van der Waals surface area (Å²) in [5.41, 5.74) is 2.74. The highest BCUT2D eigenvalue weighted by Gasteiger charge is 2.26. The lowest BCUT2D eigenvalue weighted by Crippen LogP contribution is -2.36. The van der Waals surface area contributed by atoms with Gasteiger partial charge in [-0.3, -0.25) is 9.59 Å². The summed E-state index contributed by atoms with van der Waals surface area (Å²) in [4.78, 5) is 30.7. The van der Waals surface area contributed by atoms with Crippen LogP contribution in [0, 0.1) is 0 Å². The predicted molar refractivity (Wildman–Crippen MR) is 97.9 cm³/mol. The summed E-state index contributed by atoms with van der Waals surface area (Å²) in [6.07, 6.45) is 1.19. The van der Waals surface area contributed by atoms with Crippen molar-refractivity contribution in [3.63, 3.8) is 0 Å². The molecule has 1 N–H and O–H groups in total.